The minimum absolute atomic E-state index is 0.0405. The van der Waals surface area contributed by atoms with Crippen LogP contribution in [0.5, 0.6) is 11.5 Å². The van der Waals surface area contributed by atoms with Crippen LogP contribution in [0.15, 0.2) is 42.7 Å². The summed E-state index contributed by atoms with van der Waals surface area (Å²) in [4.78, 5) is 25.6. The summed E-state index contributed by atoms with van der Waals surface area (Å²) in [5.74, 6) is -0.845. The van der Waals surface area contributed by atoms with E-state index in [4.69, 9.17) is 9.47 Å². The molecule has 1 saturated heterocycles. The van der Waals surface area contributed by atoms with Gasteiger partial charge in [0.1, 0.15) is 30.3 Å². The molecule has 4 aromatic rings. The van der Waals surface area contributed by atoms with Crippen LogP contribution in [-0.2, 0) is 11.2 Å². The lowest BCUT2D eigenvalue weighted by atomic mass is 10.2. The summed E-state index contributed by atoms with van der Waals surface area (Å²) in [7, 11) is 3.60. The Morgan fingerprint density at radius 1 is 1.21 bits per heavy atom. The molecular weight excluding hydrogens is 550 g/mol. The zero-order valence-corrected chi connectivity index (χ0v) is 23.2. The molecule has 5 rings (SSSR count). The minimum Gasteiger partial charge on any atom is -0.497 e. The van der Waals surface area contributed by atoms with Gasteiger partial charge >= 0.3 is 0 Å². The average Bonchev–Trinajstić information content (AvgIpc) is 3.42. The number of aliphatic hydroxyl groups is 1. The third-order valence-electron chi connectivity index (χ3n) is 7.02. The van der Waals surface area contributed by atoms with Crippen molar-refractivity contribution in [1.82, 2.24) is 30.0 Å². The molecule has 222 valence electrons. The lowest BCUT2D eigenvalue weighted by Gasteiger charge is -2.39. The molecule has 2 aromatic heterocycles. The Labute approximate surface area is 240 Å². The third-order valence-corrected chi connectivity index (χ3v) is 7.02. The molecule has 3 heterocycles. The van der Waals surface area contributed by atoms with Crippen LogP contribution in [-0.4, -0.2) is 101 Å². The Morgan fingerprint density at radius 2 is 2.07 bits per heavy atom. The number of carbonyl (C=O) groups excluding carboxylic acids is 1. The van der Waals surface area contributed by atoms with Gasteiger partial charge in [-0.15, -0.1) is 0 Å². The number of benzene rings is 2. The van der Waals surface area contributed by atoms with E-state index in [0.717, 1.165) is 25.7 Å². The number of piperazine rings is 1. The van der Waals surface area contributed by atoms with Crippen molar-refractivity contribution < 1.29 is 28.2 Å². The van der Waals surface area contributed by atoms with Gasteiger partial charge < -0.3 is 30.1 Å². The Bertz CT molecular complexity index is 1550. The second-order valence-corrected chi connectivity index (χ2v) is 9.95. The number of aromatic amines is 1. The highest BCUT2D eigenvalue weighted by Crippen LogP contribution is 2.35. The van der Waals surface area contributed by atoms with Crippen LogP contribution in [0.25, 0.3) is 10.9 Å². The van der Waals surface area contributed by atoms with Crippen molar-refractivity contribution in [3.05, 3.63) is 60.1 Å². The molecule has 1 aliphatic rings. The topological polar surface area (TPSA) is 141 Å². The van der Waals surface area contributed by atoms with E-state index in [1.807, 2.05) is 7.05 Å². The number of anilines is 3. The molecular formula is C28H32F2N8O4. The Balaban J connectivity index is 1.30. The maximum atomic E-state index is 13.9. The Kier molecular flexibility index (Phi) is 9.05. The maximum absolute atomic E-state index is 13.9. The normalized spacial score (nSPS) is 16.0. The largest absolute Gasteiger partial charge is 0.497 e. The lowest BCUT2D eigenvalue weighted by Crippen LogP contribution is -2.54. The first kappa shape index (κ1) is 29.1. The van der Waals surface area contributed by atoms with Crippen LogP contribution >= 0.6 is 0 Å². The first-order chi connectivity index (χ1) is 20.3. The standard InChI is InChI=1S/C28H32F2N8O4/c1-37-6-7-38(18(14-37)15-39)8-9-42-23-13-19(41-2)12-22-26(23)28(32-16-31-22)34-24-10-17(35-36-24)11-25(40)33-21-5-3-4-20(29)27(21)30/h3-5,10,12-13,16,18,39H,6-9,11,14-15H2,1-2H3,(H,33,40)(H2,31,32,34,35,36). The molecule has 14 heteroatoms. The summed E-state index contributed by atoms with van der Waals surface area (Å²) in [5, 5.41) is 22.9. The number of fused-ring (bicyclic) bond motifs is 1. The highest BCUT2D eigenvalue weighted by Gasteiger charge is 2.24. The molecule has 4 N–H and O–H groups in total. The number of ether oxygens (including phenoxy) is 2. The predicted octanol–water partition coefficient (Wildman–Crippen LogP) is 2.55. The molecule has 42 heavy (non-hydrogen) atoms. The summed E-state index contributed by atoms with van der Waals surface area (Å²) in [6, 6.07) is 8.74. The van der Waals surface area contributed by atoms with Crippen molar-refractivity contribution in [3.63, 3.8) is 0 Å². The highest BCUT2D eigenvalue weighted by molar-refractivity contribution is 5.96. The molecule has 12 nitrogen and oxygen atoms in total. The number of likely N-dealkylation sites (N-methyl/N-ethyl adjacent to an activating group) is 1. The van der Waals surface area contributed by atoms with E-state index in [1.54, 1.807) is 25.3 Å². The first-order valence-corrected chi connectivity index (χ1v) is 13.4. The van der Waals surface area contributed by atoms with Gasteiger partial charge in [0.25, 0.3) is 0 Å². The van der Waals surface area contributed by atoms with Gasteiger partial charge in [-0.05, 0) is 19.2 Å². The van der Waals surface area contributed by atoms with Gasteiger partial charge in [-0.2, -0.15) is 5.10 Å². The van der Waals surface area contributed by atoms with E-state index in [0.29, 0.717) is 52.9 Å². The first-order valence-electron chi connectivity index (χ1n) is 13.4. The highest BCUT2D eigenvalue weighted by atomic mass is 19.2. The van der Waals surface area contributed by atoms with Crippen molar-refractivity contribution in [2.75, 3.05) is 64.2 Å². The van der Waals surface area contributed by atoms with Gasteiger partial charge in [0.05, 0.1) is 36.7 Å². The summed E-state index contributed by atoms with van der Waals surface area (Å²) in [5.41, 5.74) is 0.781. The van der Waals surface area contributed by atoms with Crippen molar-refractivity contribution in [3.8, 4) is 11.5 Å². The smallest absolute Gasteiger partial charge is 0.230 e. The van der Waals surface area contributed by atoms with Gasteiger partial charge in [-0.25, -0.2) is 18.7 Å². The number of nitrogens with zero attached hydrogens (tertiary/aromatic N) is 5. The van der Waals surface area contributed by atoms with Crippen molar-refractivity contribution in [2.24, 2.45) is 0 Å². The number of rotatable bonds is 11. The number of aliphatic hydroxyl groups excluding tert-OH is 1. The van der Waals surface area contributed by atoms with Crippen molar-refractivity contribution in [2.45, 2.75) is 12.5 Å². The molecule has 0 radical (unpaired) electrons. The molecule has 1 amide bonds. The molecule has 0 bridgehead atoms. The van der Waals surface area contributed by atoms with Crippen LogP contribution in [0.1, 0.15) is 5.69 Å². The third kappa shape index (κ3) is 6.73. The fourth-order valence-corrected chi connectivity index (χ4v) is 4.85. The number of hydrogen-bond acceptors (Lipinski definition) is 10. The van der Waals surface area contributed by atoms with Crippen LogP contribution in [0.2, 0.25) is 0 Å². The molecule has 2 aromatic carbocycles. The number of amides is 1. The molecule has 1 atom stereocenters. The molecule has 0 aliphatic carbocycles. The van der Waals surface area contributed by atoms with Crippen LogP contribution < -0.4 is 20.1 Å². The van der Waals surface area contributed by atoms with Crippen LogP contribution in [0.3, 0.4) is 0 Å². The molecule has 1 unspecified atom stereocenters. The molecule has 1 fully saturated rings. The van der Waals surface area contributed by atoms with Gasteiger partial charge in [-0.3, -0.25) is 14.8 Å². The molecule has 1 aliphatic heterocycles. The van der Waals surface area contributed by atoms with E-state index in [1.165, 1.54) is 18.5 Å². The van der Waals surface area contributed by atoms with Crippen molar-refractivity contribution >= 4 is 34.1 Å². The zero-order chi connectivity index (χ0) is 29.6. The van der Waals surface area contributed by atoms with E-state index in [2.05, 4.69) is 40.6 Å². The molecule has 0 saturated carbocycles. The predicted molar refractivity (Wildman–Crippen MR) is 152 cm³/mol. The minimum atomic E-state index is -1.13. The van der Waals surface area contributed by atoms with E-state index in [9.17, 15) is 18.7 Å². The van der Waals surface area contributed by atoms with Crippen LogP contribution in [0, 0.1) is 11.6 Å². The number of methoxy groups -OCH3 is 1. The quantitative estimate of drug-likeness (QED) is 0.209. The van der Waals surface area contributed by atoms with Gasteiger partial charge in [-0.1, -0.05) is 6.07 Å². The zero-order valence-electron chi connectivity index (χ0n) is 23.2. The summed E-state index contributed by atoms with van der Waals surface area (Å²) < 4.78 is 39.0. The fraction of sp³-hybridized carbons (Fsp3) is 0.357. The monoisotopic (exact) mass is 582 g/mol. The Morgan fingerprint density at radius 3 is 2.88 bits per heavy atom. The number of hydrogen-bond donors (Lipinski definition) is 4. The average molecular weight is 583 g/mol. The summed E-state index contributed by atoms with van der Waals surface area (Å²) in [6.07, 6.45) is 1.25. The lowest BCUT2D eigenvalue weighted by molar-refractivity contribution is -0.115. The second kappa shape index (κ2) is 13.1. The van der Waals surface area contributed by atoms with Crippen molar-refractivity contribution in [1.29, 1.82) is 0 Å². The van der Waals surface area contributed by atoms with Crippen LogP contribution in [0.4, 0.5) is 26.1 Å². The number of nitrogens with one attached hydrogen (secondary N) is 3. The number of aromatic nitrogens is 4. The fourth-order valence-electron chi connectivity index (χ4n) is 4.85. The van der Waals surface area contributed by atoms with Gasteiger partial charge in [0, 0.05) is 56.1 Å². The summed E-state index contributed by atoms with van der Waals surface area (Å²) >= 11 is 0. The van der Waals surface area contributed by atoms with E-state index >= 15 is 0 Å². The van der Waals surface area contributed by atoms with Gasteiger partial charge in [0.15, 0.2) is 17.5 Å². The van der Waals surface area contributed by atoms with E-state index < -0.39 is 17.5 Å². The number of H-pyrrole nitrogens is 1. The van der Waals surface area contributed by atoms with E-state index in [-0.39, 0.29) is 24.8 Å². The summed E-state index contributed by atoms with van der Waals surface area (Å²) in [6.45, 7) is 3.59. The SMILES string of the molecule is COc1cc(OCCN2CCN(C)CC2CO)c2c(Nc3cc(CC(=O)Nc4cccc(F)c4F)[nH]n3)ncnc2c1. The Hall–Kier alpha value is -4.40. The number of carbonyl (C=O) groups is 1. The second-order valence-electron chi connectivity index (χ2n) is 9.95. The maximum Gasteiger partial charge on any atom is 0.230 e. The van der Waals surface area contributed by atoms with Gasteiger partial charge in [0.2, 0.25) is 5.91 Å². The number of halogens is 2. The molecule has 0 spiro atoms.